The van der Waals surface area contributed by atoms with E-state index in [0.717, 1.165) is 34.9 Å². The van der Waals surface area contributed by atoms with Crippen molar-refractivity contribution in [2.45, 2.75) is 26.7 Å². The summed E-state index contributed by atoms with van der Waals surface area (Å²) in [7, 11) is 0. The molecule has 3 heterocycles. The van der Waals surface area contributed by atoms with E-state index in [1.165, 1.54) is 0 Å². The van der Waals surface area contributed by atoms with Crippen LogP contribution in [0.5, 0.6) is 11.5 Å². The number of carbonyl (C=O) groups is 2. The van der Waals surface area contributed by atoms with E-state index in [-0.39, 0.29) is 11.8 Å². The molecule has 2 aromatic carbocycles. The van der Waals surface area contributed by atoms with Gasteiger partial charge in [0, 0.05) is 47.5 Å². The molecule has 7 nitrogen and oxygen atoms in total. The van der Waals surface area contributed by atoms with Gasteiger partial charge in [-0.25, -0.2) is 0 Å². The molecule has 1 saturated heterocycles. The number of nitrogens with zero attached hydrogens (tertiary/aromatic N) is 2. The Morgan fingerprint density at radius 1 is 0.969 bits per heavy atom. The van der Waals surface area contributed by atoms with Crippen molar-refractivity contribution in [3.05, 3.63) is 65.5 Å². The van der Waals surface area contributed by atoms with E-state index in [2.05, 4.69) is 5.32 Å². The van der Waals surface area contributed by atoms with Crippen LogP contribution in [0.2, 0.25) is 0 Å². The fourth-order valence-electron chi connectivity index (χ4n) is 4.43. The summed E-state index contributed by atoms with van der Waals surface area (Å²) < 4.78 is 13.4. The first-order valence-electron chi connectivity index (χ1n) is 10.8. The molecule has 2 aliphatic heterocycles. The molecule has 1 N–H and O–H groups in total. The Morgan fingerprint density at radius 2 is 1.78 bits per heavy atom. The van der Waals surface area contributed by atoms with Gasteiger partial charge in [-0.3, -0.25) is 9.59 Å². The SMILES string of the molecule is Cc1cc(C(=O)Nc2cccc(N3CCCC3=O)c2)c(C)n1-c1ccc2c(c1)OCCO2. The van der Waals surface area contributed by atoms with Crippen LogP contribution in [0.25, 0.3) is 5.69 Å². The third-order valence-corrected chi connectivity index (χ3v) is 5.95. The molecule has 164 valence electrons. The number of nitrogens with one attached hydrogen (secondary N) is 1. The fourth-order valence-corrected chi connectivity index (χ4v) is 4.43. The monoisotopic (exact) mass is 431 g/mol. The normalized spacial score (nSPS) is 15.2. The number of amides is 2. The molecule has 2 amide bonds. The molecule has 0 saturated carbocycles. The van der Waals surface area contributed by atoms with Gasteiger partial charge < -0.3 is 24.3 Å². The Kier molecular flexibility index (Phi) is 5.09. The van der Waals surface area contributed by atoms with Crippen LogP contribution in [0, 0.1) is 13.8 Å². The number of aryl methyl sites for hydroxylation is 1. The van der Waals surface area contributed by atoms with Gasteiger partial charge in [0.05, 0.1) is 5.56 Å². The topological polar surface area (TPSA) is 72.8 Å². The summed E-state index contributed by atoms with van der Waals surface area (Å²) in [6.45, 7) is 5.69. The number of ether oxygens (including phenoxy) is 2. The zero-order valence-electron chi connectivity index (χ0n) is 18.2. The van der Waals surface area contributed by atoms with Gasteiger partial charge in [-0.2, -0.15) is 0 Å². The molecule has 1 aromatic heterocycles. The van der Waals surface area contributed by atoms with E-state index in [1.807, 2.05) is 66.9 Å². The van der Waals surface area contributed by atoms with E-state index in [4.69, 9.17) is 9.47 Å². The van der Waals surface area contributed by atoms with Crippen molar-refractivity contribution in [1.82, 2.24) is 4.57 Å². The first kappa shape index (κ1) is 20.2. The van der Waals surface area contributed by atoms with Crippen molar-refractivity contribution in [2.75, 3.05) is 30.0 Å². The Balaban J connectivity index is 1.40. The van der Waals surface area contributed by atoms with Gasteiger partial charge in [-0.15, -0.1) is 0 Å². The van der Waals surface area contributed by atoms with E-state index in [9.17, 15) is 9.59 Å². The lowest BCUT2D eigenvalue weighted by Gasteiger charge is -2.20. The van der Waals surface area contributed by atoms with Crippen LogP contribution < -0.4 is 19.7 Å². The lowest BCUT2D eigenvalue weighted by Crippen LogP contribution is -2.23. The van der Waals surface area contributed by atoms with Crippen molar-refractivity contribution < 1.29 is 19.1 Å². The van der Waals surface area contributed by atoms with Crippen molar-refractivity contribution in [2.24, 2.45) is 0 Å². The minimum absolute atomic E-state index is 0.122. The van der Waals surface area contributed by atoms with Crippen LogP contribution in [0.3, 0.4) is 0 Å². The number of fused-ring (bicyclic) bond motifs is 1. The first-order chi connectivity index (χ1) is 15.5. The average molecular weight is 431 g/mol. The van der Waals surface area contributed by atoms with Gasteiger partial charge in [0.25, 0.3) is 5.91 Å². The maximum absolute atomic E-state index is 13.1. The van der Waals surface area contributed by atoms with E-state index < -0.39 is 0 Å². The molecule has 0 bridgehead atoms. The van der Waals surface area contributed by atoms with E-state index >= 15 is 0 Å². The number of aromatic nitrogens is 1. The zero-order valence-corrected chi connectivity index (χ0v) is 18.2. The highest BCUT2D eigenvalue weighted by atomic mass is 16.6. The Morgan fingerprint density at radius 3 is 2.56 bits per heavy atom. The molecule has 1 fully saturated rings. The summed E-state index contributed by atoms with van der Waals surface area (Å²) >= 11 is 0. The van der Waals surface area contributed by atoms with Gasteiger partial charge in [-0.05, 0) is 56.7 Å². The summed E-state index contributed by atoms with van der Waals surface area (Å²) in [5.41, 5.74) is 4.77. The maximum atomic E-state index is 13.1. The Hall–Kier alpha value is -3.74. The molecule has 7 heteroatoms. The molecular weight excluding hydrogens is 406 g/mol. The second-order valence-corrected chi connectivity index (χ2v) is 8.10. The molecule has 0 atom stereocenters. The van der Waals surface area contributed by atoms with Crippen LogP contribution in [-0.4, -0.2) is 36.1 Å². The average Bonchev–Trinajstić information content (AvgIpc) is 3.36. The fraction of sp³-hybridized carbons (Fsp3) is 0.280. The predicted octanol–water partition coefficient (Wildman–Crippen LogP) is 4.24. The minimum atomic E-state index is -0.188. The minimum Gasteiger partial charge on any atom is -0.486 e. The molecule has 0 spiro atoms. The van der Waals surface area contributed by atoms with Gasteiger partial charge >= 0.3 is 0 Å². The van der Waals surface area contributed by atoms with E-state index in [1.54, 1.807) is 4.90 Å². The summed E-state index contributed by atoms with van der Waals surface area (Å²) in [6, 6.07) is 15.1. The number of carbonyl (C=O) groups excluding carboxylic acids is 2. The van der Waals surface area contributed by atoms with Crippen molar-refractivity contribution >= 4 is 23.2 Å². The quantitative estimate of drug-likeness (QED) is 0.671. The van der Waals surface area contributed by atoms with Crippen LogP contribution in [0.15, 0.2) is 48.5 Å². The van der Waals surface area contributed by atoms with Crippen molar-refractivity contribution in [1.29, 1.82) is 0 Å². The third kappa shape index (κ3) is 3.60. The number of rotatable bonds is 4. The molecular formula is C25H25N3O4. The summed E-state index contributed by atoms with van der Waals surface area (Å²) in [5.74, 6) is 1.38. The van der Waals surface area contributed by atoms with Crippen LogP contribution in [0.4, 0.5) is 11.4 Å². The third-order valence-electron chi connectivity index (χ3n) is 5.95. The molecule has 5 rings (SSSR count). The second-order valence-electron chi connectivity index (χ2n) is 8.10. The molecule has 32 heavy (non-hydrogen) atoms. The molecule has 0 unspecified atom stereocenters. The number of benzene rings is 2. The maximum Gasteiger partial charge on any atom is 0.257 e. The Labute approximate surface area is 186 Å². The largest absolute Gasteiger partial charge is 0.486 e. The van der Waals surface area contributed by atoms with Gasteiger partial charge in [0.2, 0.25) is 5.91 Å². The Bertz CT molecular complexity index is 1210. The van der Waals surface area contributed by atoms with Crippen molar-refractivity contribution in [3.63, 3.8) is 0 Å². The smallest absolute Gasteiger partial charge is 0.257 e. The summed E-state index contributed by atoms with van der Waals surface area (Å²) in [6.07, 6.45) is 1.43. The predicted molar refractivity (Wildman–Crippen MR) is 122 cm³/mol. The van der Waals surface area contributed by atoms with Crippen LogP contribution in [0.1, 0.15) is 34.6 Å². The zero-order chi connectivity index (χ0) is 22.2. The number of hydrogen-bond acceptors (Lipinski definition) is 4. The lowest BCUT2D eigenvalue weighted by molar-refractivity contribution is -0.117. The number of anilines is 2. The summed E-state index contributed by atoms with van der Waals surface area (Å²) in [5, 5.41) is 2.98. The highest BCUT2D eigenvalue weighted by Crippen LogP contribution is 2.33. The lowest BCUT2D eigenvalue weighted by atomic mass is 10.2. The summed E-state index contributed by atoms with van der Waals surface area (Å²) in [4.78, 5) is 26.9. The second kappa shape index (κ2) is 8.07. The van der Waals surface area contributed by atoms with Gasteiger partial charge in [0.1, 0.15) is 13.2 Å². The molecule has 2 aliphatic rings. The molecule has 3 aromatic rings. The van der Waals surface area contributed by atoms with Crippen LogP contribution in [-0.2, 0) is 4.79 Å². The van der Waals surface area contributed by atoms with Crippen molar-refractivity contribution in [3.8, 4) is 17.2 Å². The van der Waals surface area contributed by atoms with Crippen LogP contribution >= 0.6 is 0 Å². The van der Waals surface area contributed by atoms with Gasteiger partial charge in [0.15, 0.2) is 11.5 Å². The molecule has 0 aliphatic carbocycles. The number of hydrogen-bond donors (Lipinski definition) is 1. The van der Waals surface area contributed by atoms with Gasteiger partial charge in [-0.1, -0.05) is 6.07 Å². The highest BCUT2D eigenvalue weighted by molar-refractivity contribution is 6.06. The first-order valence-corrected chi connectivity index (χ1v) is 10.8. The highest BCUT2D eigenvalue weighted by Gasteiger charge is 2.23. The van der Waals surface area contributed by atoms with E-state index in [0.29, 0.717) is 43.2 Å². The standard InChI is InChI=1S/C25H25N3O4/c1-16-13-21(17(2)28(16)20-8-9-22-23(15-20)32-12-11-31-22)25(30)26-18-5-3-6-19(14-18)27-10-4-7-24(27)29/h3,5-6,8-9,13-15H,4,7,10-12H2,1-2H3,(H,26,30). The molecule has 0 radical (unpaired) electrons.